The standard InChI is InChI=1S/C23H31N5O/c1-2-11-25-22(24)20-16-17-5-3-4-6-21(17)27-23(20)28-12-7-18(8-13-28)26-19-9-14-29-15-10-19/h2-6,11,16,18-19,26H,7-10,12-15H2,1H3,(H2,24,25)/b11-2-. The molecule has 2 aliphatic heterocycles. The van der Waals surface area contributed by atoms with Gasteiger partial charge in [-0.1, -0.05) is 24.3 Å². The number of rotatable bonds is 5. The summed E-state index contributed by atoms with van der Waals surface area (Å²) in [6.45, 7) is 5.64. The normalized spacial score (nSPS) is 20.0. The number of aliphatic imine (C=N–C) groups is 1. The van der Waals surface area contributed by atoms with Gasteiger partial charge in [0.25, 0.3) is 0 Å². The van der Waals surface area contributed by atoms with Crippen LogP contribution in [0.5, 0.6) is 0 Å². The zero-order chi connectivity index (χ0) is 20.1. The highest BCUT2D eigenvalue weighted by atomic mass is 16.5. The van der Waals surface area contributed by atoms with Crippen molar-refractivity contribution in [2.75, 3.05) is 31.2 Å². The van der Waals surface area contributed by atoms with E-state index >= 15 is 0 Å². The fraction of sp³-hybridized carbons (Fsp3) is 0.478. The van der Waals surface area contributed by atoms with Crippen LogP contribution in [-0.4, -0.2) is 49.2 Å². The highest BCUT2D eigenvalue weighted by Gasteiger charge is 2.25. The molecule has 0 amide bonds. The second-order valence-corrected chi connectivity index (χ2v) is 7.86. The van der Waals surface area contributed by atoms with E-state index < -0.39 is 0 Å². The van der Waals surface area contributed by atoms with E-state index in [0.29, 0.717) is 17.9 Å². The van der Waals surface area contributed by atoms with E-state index in [1.807, 2.05) is 25.1 Å². The van der Waals surface area contributed by atoms with Crippen molar-refractivity contribution in [3.63, 3.8) is 0 Å². The molecule has 0 aliphatic carbocycles. The average Bonchev–Trinajstić information content (AvgIpc) is 2.78. The quantitative estimate of drug-likeness (QED) is 0.603. The van der Waals surface area contributed by atoms with Gasteiger partial charge < -0.3 is 20.7 Å². The number of hydrogen-bond acceptors (Lipinski definition) is 5. The smallest absolute Gasteiger partial charge is 0.140 e. The lowest BCUT2D eigenvalue weighted by Crippen LogP contribution is -2.48. The molecular formula is C23H31N5O. The van der Waals surface area contributed by atoms with E-state index in [1.165, 1.54) is 0 Å². The first-order valence-corrected chi connectivity index (χ1v) is 10.7. The van der Waals surface area contributed by atoms with Crippen molar-refractivity contribution >= 4 is 22.6 Å². The van der Waals surface area contributed by atoms with Gasteiger partial charge in [0.1, 0.15) is 11.7 Å². The minimum absolute atomic E-state index is 0.513. The number of ether oxygens (including phenoxy) is 1. The van der Waals surface area contributed by atoms with Gasteiger partial charge in [-0.15, -0.1) is 0 Å². The molecule has 3 N–H and O–H groups in total. The van der Waals surface area contributed by atoms with Gasteiger partial charge in [-0.25, -0.2) is 9.98 Å². The van der Waals surface area contributed by atoms with E-state index in [9.17, 15) is 0 Å². The number of benzene rings is 1. The minimum atomic E-state index is 0.513. The van der Waals surface area contributed by atoms with Crippen molar-refractivity contribution in [2.24, 2.45) is 10.7 Å². The molecule has 1 aromatic carbocycles. The number of piperidine rings is 1. The van der Waals surface area contributed by atoms with Crippen LogP contribution in [0.2, 0.25) is 0 Å². The molecule has 1 aromatic heterocycles. The monoisotopic (exact) mass is 393 g/mol. The number of allylic oxidation sites excluding steroid dienone is 1. The largest absolute Gasteiger partial charge is 0.383 e. The van der Waals surface area contributed by atoms with Crippen LogP contribution in [0.3, 0.4) is 0 Å². The third-order valence-corrected chi connectivity index (χ3v) is 5.83. The number of nitrogens with zero attached hydrogens (tertiary/aromatic N) is 3. The van der Waals surface area contributed by atoms with Crippen molar-refractivity contribution < 1.29 is 4.74 Å². The Morgan fingerprint density at radius 3 is 2.66 bits per heavy atom. The molecule has 4 rings (SSSR count). The van der Waals surface area contributed by atoms with Gasteiger partial charge in [0.05, 0.1) is 11.1 Å². The van der Waals surface area contributed by atoms with Crippen molar-refractivity contribution in [3.05, 3.63) is 48.2 Å². The third-order valence-electron chi connectivity index (χ3n) is 5.83. The SMILES string of the molecule is C/C=C\N=C(/N)c1cc2ccccc2nc1N1CCC(NC2CCOCC2)CC1. The average molecular weight is 394 g/mol. The van der Waals surface area contributed by atoms with Gasteiger partial charge in [-0.3, -0.25) is 0 Å². The summed E-state index contributed by atoms with van der Waals surface area (Å²) in [5.74, 6) is 1.46. The second kappa shape index (κ2) is 9.37. The van der Waals surface area contributed by atoms with Crippen molar-refractivity contribution in [1.82, 2.24) is 10.3 Å². The number of nitrogens with one attached hydrogen (secondary N) is 1. The van der Waals surface area contributed by atoms with Gasteiger partial charge in [0.15, 0.2) is 0 Å². The molecule has 2 saturated heterocycles. The molecule has 0 radical (unpaired) electrons. The summed E-state index contributed by atoms with van der Waals surface area (Å²) in [4.78, 5) is 11.7. The van der Waals surface area contributed by atoms with Gasteiger partial charge in [0, 0.05) is 50.0 Å². The van der Waals surface area contributed by atoms with Crippen LogP contribution in [-0.2, 0) is 4.74 Å². The second-order valence-electron chi connectivity index (χ2n) is 7.86. The Balaban J connectivity index is 1.53. The van der Waals surface area contributed by atoms with Crippen LogP contribution in [0.15, 0.2) is 47.6 Å². The van der Waals surface area contributed by atoms with Crippen molar-refractivity contribution in [3.8, 4) is 0 Å². The Morgan fingerprint density at radius 1 is 1.17 bits per heavy atom. The molecule has 2 fully saturated rings. The maximum Gasteiger partial charge on any atom is 0.140 e. The maximum absolute atomic E-state index is 6.34. The molecule has 0 saturated carbocycles. The first-order valence-electron chi connectivity index (χ1n) is 10.7. The van der Waals surface area contributed by atoms with E-state index in [4.69, 9.17) is 15.5 Å². The van der Waals surface area contributed by atoms with Crippen LogP contribution in [0.1, 0.15) is 38.2 Å². The summed E-state index contributed by atoms with van der Waals surface area (Å²) in [6, 6.07) is 11.5. The number of nitrogens with two attached hydrogens (primary N) is 1. The molecule has 0 unspecified atom stereocenters. The molecule has 6 nitrogen and oxygen atoms in total. The van der Waals surface area contributed by atoms with E-state index in [1.54, 1.807) is 6.20 Å². The molecule has 29 heavy (non-hydrogen) atoms. The fourth-order valence-corrected chi connectivity index (χ4v) is 4.22. The molecule has 6 heteroatoms. The molecule has 0 bridgehead atoms. The number of aromatic nitrogens is 1. The predicted octanol–water partition coefficient (Wildman–Crippen LogP) is 3.21. The van der Waals surface area contributed by atoms with Crippen LogP contribution in [0.25, 0.3) is 10.9 Å². The molecular weight excluding hydrogens is 362 g/mol. The summed E-state index contributed by atoms with van der Waals surface area (Å²) in [5, 5.41) is 4.92. The Labute approximate surface area is 172 Å². The Morgan fingerprint density at radius 2 is 1.90 bits per heavy atom. The number of pyridine rings is 1. The first-order chi connectivity index (χ1) is 14.2. The Kier molecular flexibility index (Phi) is 6.42. The zero-order valence-electron chi connectivity index (χ0n) is 17.2. The van der Waals surface area contributed by atoms with E-state index in [2.05, 4.69) is 33.4 Å². The minimum Gasteiger partial charge on any atom is -0.383 e. The maximum atomic E-state index is 6.34. The number of fused-ring (bicyclic) bond motifs is 1. The summed E-state index contributed by atoms with van der Waals surface area (Å²) < 4.78 is 5.48. The highest BCUT2D eigenvalue weighted by molar-refractivity contribution is 6.05. The van der Waals surface area contributed by atoms with Crippen LogP contribution < -0.4 is 16.0 Å². The lowest BCUT2D eigenvalue weighted by molar-refractivity contribution is 0.0738. The third kappa shape index (κ3) is 4.77. The van der Waals surface area contributed by atoms with E-state index in [-0.39, 0.29) is 0 Å². The summed E-state index contributed by atoms with van der Waals surface area (Å²) in [6.07, 6.45) is 8.07. The molecule has 0 spiro atoms. The zero-order valence-corrected chi connectivity index (χ0v) is 17.2. The highest BCUT2D eigenvalue weighted by Crippen LogP contribution is 2.27. The van der Waals surface area contributed by atoms with Gasteiger partial charge in [-0.05, 0) is 44.7 Å². The summed E-state index contributed by atoms with van der Waals surface area (Å²) >= 11 is 0. The van der Waals surface area contributed by atoms with Crippen molar-refractivity contribution in [1.29, 1.82) is 0 Å². The number of para-hydroxylation sites is 1. The van der Waals surface area contributed by atoms with Crippen LogP contribution >= 0.6 is 0 Å². The Bertz CT molecular complexity index is 880. The lowest BCUT2D eigenvalue weighted by atomic mass is 10.0. The number of anilines is 1. The predicted molar refractivity (Wildman–Crippen MR) is 119 cm³/mol. The fourth-order valence-electron chi connectivity index (χ4n) is 4.22. The van der Waals surface area contributed by atoms with Gasteiger partial charge in [-0.2, -0.15) is 0 Å². The topological polar surface area (TPSA) is 75.8 Å². The van der Waals surface area contributed by atoms with Gasteiger partial charge >= 0.3 is 0 Å². The Hall–Kier alpha value is -2.44. The van der Waals surface area contributed by atoms with Gasteiger partial charge in [0.2, 0.25) is 0 Å². The first kappa shape index (κ1) is 19.9. The number of amidine groups is 1. The lowest BCUT2D eigenvalue weighted by Gasteiger charge is -2.36. The van der Waals surface area contributed by atoms with Crippen LogP contribution in [0.4, 0.5) is 5.82 Å². The van der Waals surface area contributed by atoms with Crippen molar-refractivity contribution in [2.45, 2.75) is 44.7 Å². The van der Waals surface area contributed by atoms with Crippen LogP contribution in [0, 0.1) is 0 Å². The summed E-state index contributed by atoms with van der Waals surface area (Å²) in [5.41, 5.74) is 8.25. The molecule has 3 heterocycles. The molecule has 154 valence electrons. The molecule has 2 aliphatic rings. The van der Waals surface area contributed by atoms with E-state index in [0.717, 1.165) is 74.3 Å². The molecule has 0 atom stereocenters. The molecule has 2 aromatic rings. The number of hydrogen-bond donors (Lipinski definition) is 2. The summed E-state index contributed by atoms with van der Waals surface area (Å²) in [7, 11) is 0.